The first-order chi connectivity index (χ1) is 18.1. The van der Waals surface area contributed by atoms with E-state index in [2.05, 4.69) is 19.2 Å². The van der Waals surface area contributed by atoms with E-state index in [4.69, 9.17) is 15.2 Å². The van der Waals surface area contributed by atoms with Crippen LogP contribution in [-0.2, 0) is 14.3 Å². The molecule has 3 fully saturated rings. The Morgan fingerprint density at radius 2 is 1.87 bits per heavy atom. The van der Waals surface area contributed by atoms with Gasteiger partial charge in [-0.05, 0) is 43.9 Å². The van der Waals surface area contributed by atoms with Gasteiger partial charge >= 0.3 is 6.09 Å². The molecule has 4 heterocycles. The number of fused-ring (bicyclic) bond motifs is 3. The average molecular weight is 558 g/mol. The van der Waals surface area contributed by atoms with Crippen LogP contribution in [-0.4, -0.2) is 110 Å². The summed E-state index contributed by atoms with van der Waals surface area (Å²) < 4.78 is 12.2. The molecule has 0 saturated carbocycles. The first kappa shape index (κ1) is 29.6. The maximum Gasteiger partial charge on any atom is 0.408 e. The van der Waals surface area contributed by atoms with Crippen LogP contribution in [0.3, 0.4) is 0 Å². The van der Waals surface area contributed by atoms with E-state index >= 15 is 0 Å². The molecule has 0 spiro atoms. The molecule has 12 heteroatoms. The number of carboxylic acid groups (broad SMARTS) is 1. The summed E-state index contributed by atoms with van der Waals surface area (Å²) in [5, 5.41) is 44.7. The molecule has 2 amide bonds. The Balaban J connectivity index is 1.55. The second-order valence-electron chi connectivity index (χ2n) is 11.5. The van der Waals surface area contributed by atoms with Crippen molar-refractivity contribution >= 4 is 23.8 Å². The van der Waals surface area contributed by atoms with Crippen LogP contribution in [0, 0.1) is 17.8 Å². The van der Waals surface area contributed by atoms with Crippen molar-refractivity contribution in [1.82, 2.24) is 10.2 Å². The summed E-state index contributed by atoms with van der Waals surface area (Å²) in [6, 6.07) is -1.79. The monoisotopic (exact) mass is 557 g/mol. The van der Waals surface area contributed by atoms with Gasteiger partial charge in [0.15, 0.2) is 0 Å². The Kier molecular flexibility index (Phi) is 9.99. The van der Waals surface area contributed by atoms with Gasteiger partial charge < -0.3 is 41.0 Å². The molecular weight excluding hydrogens is 514 g/mol. The van der Waals surface area contributed by atoms with E-state index in [1.54, 1.807) is 0 Å². The predicted octanol–water partition coefficient (Wildman–Crippen LogP) is 0.509. The quantitative estimate of drug-likeness (QED) is 0.261. The Bertz CT molecular complexity index is 862. The molecular formula is C26H43N3O8S. The summed E-state index contributed by atoms with van der Waals surface area (Å²) in [5.41, 5.74) is 5.02. The summed E-state index contributed by atoms with van der Waals surface area (Å²) in [7, 11) is 0. The van der Waals surface area contributed by atoms with Crippen LogP contribution in [0.15, 0.2) is 12.2 Å². The minimum atomic E-state index is -1.47. The van der Waals surface area contributed by atoms with Crippen LogP contribution in [0.25, 0.3) is 0 Å². The van der Waals surface area contributed by atoms with E-state index in [0.29, 0.717) is 31.4 Å². The number of hydrogen-bond acceptors (Lipinski definition) is 9. The van der Waals surface area contributed by atoms with Crippen LogP contribution in [0.4, 0.5) is 4.79 Å². The molecule has 1 unspecified atom stereocenters. The topological polar surface area (TPSA) is 175 Å². The number of aliphatic hydroxyl groups excluding tert-OH is 3. The van der Waals surface area contributed by atoms with Crippen molar-refractivity contribution in [2.75, 3.05) is 19.7 Å². The van der Waals surface area contributed by atoms with Crippen LogP contribution in [0.2, 0.25) is 0 Å². The van der Waals surface area contributed by atoms with Gasteiger partial charge in [0.2, 0.25) is 5.91 Å². The number of carbonyl (C=O) groups excluding carboxylic acids is 1. The second-order valence-corrected chi connectivity index (χ2v) is 12.9. The minimum absolute atomic E-state index is 0.0495. The van der Waals surface area contributed by atoms with Gasteiger partial charge in [0.05, 0.1) is 12.1 Å². The molecule has 216 valence electrons. The van der Waals surface area contributed by atoms with Gasteiger partial charge in [-0.1, -0.05) is 26.0 Å². The smallest absolute Gasteiger partial charge is 0.408 e. The molecule has 4 aliphatic heterocycles. The highest BCUT2D eigenvalue weighted by atomic mass is 32.2. The summed E-state index contributed by atoms with van der Waals surface area (Å²) in [5.74, 6) is 0.334. The lowest BCUT2D eigenvalue weighted by Gasteiger charge is -2.44. The lowest BCUT2D eigenvalue weighted by molar-refractivity contribution is -0.205. The normalized spacial score (nSPS) is 41.9. The predicted molar refractivity (Wildman–Crippen MR) is 141 cm³/mol. The van der Waals surface area contributed by atoms with Crippen molar-refractivity contribution in [2.24, 2.45) is 23.5 Å². The number of ether oxygens (including phenoxy) is 2. The number of thioether (sulfide) groups is 1. The van der Waals surface area contributed by atoms with E-state index in [0.717, 1.165) is 19.3 Å². The highest BCUT2D eigenvalue weighted by molar-refractivity contribution is 8.00. The number of aliphatic hydroxyl groups is 3. The molecule has 11 atom stereocenters. The number of rotatable bonds is 5. The standard InChI is InChI=1S/C26H43N3O8S/c1-13(2)9-14-7-8-36-22-15(10-14)12-29(26(34)35)18(22)24(33)28-17-6-4-3-5-16(11-27)38-25-21(32)19(30)20(31)23(17)37-25/h3-4,13-23,25,30-32H,5-12,27H2,1-2H3,(H,28,33)(H,34,35)/t14-,15-,16-,17+,18?,19-,20+,21+,22+,23+,25+/m0/s1. The molecule has 38 heavy (non-hydrogen) atoms. The van der Waals surface area contributed by atoms with Gasteiger partial charge in [0.25, 0.3) is 0 Å². The third-order valence-electron chi connectivity index (χ3n) is 8.21. The highest BCUT2D eigenvalue weighted by Crippen LogP contribution is 2.38. The first-order valence-electron chi connectivity index (χ1n) is 13.7. The molecule has 2 bridgehead atoms. The van der Waals surface area contributed by atoms with Crippen LogP contribution >= 0.6 is 11.8 Å². The van der Waals surface area contributed by atoms with E-state index in [9.17, 15) is 30.0 Å². The number of amides is 2. The Morgan fingerprint density at radius 1 is 1.13 bits per heavy atom. The molecule has 0 radical (unpaired) electrons. The molecule has 11 nitrogen and oxygen atoms in total. The van der Waals surface area contributed by atoms with Crippen LogP contribution < -0.4 is 11.1 Å². The number of allylic oxidation sites excluding steroid dienone is 1. The first-order valence-corrected chi connectivity index (χ1v) is 14.7. The second kappa shape index (κ2) is 12.8. The van der Waals surface area contributed by atoms with E-state index in [1.807, 2.05) is 12.2 Å². The van der Waals surface area contributed by atoms with Crippen molar-refractivity contribution in [2.45, 2.75) is 99.2 Å². The number of nitrogens with one attached hydrogen (secondary N) is 1. The van der Waals surface area contributed by atoms with Gasteiger partial charge in [-0.2, -0.15) is 0 Å². The minimum Gasteiger partial charge on any atom is -0.465 e. The Morgan fingerprint density at radius 3 is 2.55 bits per heavy atom. The zero-order valence-electron chi connectivity index (χ0n) is 22.1. The van der Waals surface area contributed by atoms with Crippen molar-refractivity contribution in [3.05, 3.63) is 12.2 Å². The lowest BCUT2D eigenvalue weighted by atomic mass is 9.85. The average Bonchev–Trinajstić information content (AvgIpc) is 3.12. The summed E-state index contributed by atoms with van der Waals surface area (Å²) in [6.45, 7) is 5.38. The fourth-order valence-electron chi connectivity index (χ4n) is 6.38. The molecule has 0 aromatic carbocycles. The largest absolute Gasteiger partial charge is 0.465 e. The van der Waals surface area contributed by atoms with Gasteiger partial charge in [0.1, 0.15) is 35.9 Å². The molecule has 0 aliphatic carbocycles. The summed E-state index contributed by atoms with van der Waals surface area (Å²) >= 11 is 1.29. The van der Waals surface area contributed by atoms with Crippen LogP contribution in [0.1, 0.15) is 46.0 Å². The van der Waals surface area contributed by atoms with E-state index in [1.165, 1.54) is 16.7 Å². The Labute approximate surface area is 228 Å². The highest BCUT2D eigenvalue weighted by Gasteiger charge is 2.52. The fraction of sp³-hybridized carbons (Fsp3) is 0.846. The zero-order chi connectivity index (χ0) is 27.6. The van der Waals surface area contributed by atoms with E-state index < -0.39 is 60.0 Å². The van der Waals surface area contributed by atoms with Gasteiger partial charge in [-0.3, -0.25) is 9.69 Å². The Hall–Kier alpha value is -1.41. The number of carbonyl (C=O) groups is 2. The number of nitrogens with zero attached hydrogens (tertiary/aromatic N) is 1. The number of hydrogen-bond donors (Lipinski definition) is 6. The van der Waals surface area contributed by atoms with Gasteiger partial charge in [-0.25, -0.2) is 4.79 Å². The number of likely N-dealkylation sites (tertiary alicyclic amines) is 1. The third kappa shape index (κ3) is 6.48. The molecule has 4 rings (SSSR count). The molecule has 3 saturated heterocycles. The lowest BCUT2D eigenvalue weighted by Crippen LogP contribution is -2.64. The summed E-state index contributed by atoms with van der Waals surface area (Å²) in [6.07, 6.45) is 0.430. The summed E-state index contributed by atoms with van der Waals surface area (Å²) in [4.78, 5) is 27.1. The van der Waals surface area contributed by atoms with Crippen molar-refractivity contribution < 1.29 is 39.5 Å². The van der Waals surface area contributed by atoms with Crippen molar-refractivity contribution in [1.29, 1.82) is 0 Å². The molecule has 0 aromatic rings. The molecule has 0 aromatic heterocycles. The SMILES string of the molecule is CC(C)C[C@@H]1CCO[C@H]2C(C(=O)N[C@@H]3CC=CC[C@@H](CN)S[C@H]4O[C@H]3[C@H](O)[C@H](O)[C@H]4O)N(C(=O)O)C[C@@H]2C1. The van der Waals surface area contributed by atoms with Crippen molar-refractivity contribution in [3.8, 4) is 0 Å². The van der Waals surface area contributed by atoms with Gasteiger partial charge in [-0.15, -0.1) is 11.8 Å². The van der Waals surface area contributed by atoms with E-state index in [-0.39, 0.29) is 24.1 Å². The maximum absolute atomic E-state index is 13.7. The zero-order valence-corrected chi connectivity index (χ0v) is 22.9. The molecule has 4 aliphatic rings. The molecule has 7 N–H and O–H groups in total. The van der Waals surface area contributed by atoms with Crippen LogP contribution in [0.5, 0.6) is 0 Å². The maximum atomic E-state index is 13.7. The third-order valence-corrected chi connectivity index (χ3v) is 9.64. The van der Waals surface area contributed by atoms with Crippen molar-refractivity contribution in [3.63, 3.8) is 0 Å². The fourth-order valence-corrected chi connectivity index (χ4v) is 7.60. The van der Waals surface area contributed by atoms with Gasteiger partial charge in [0, 0.05) is 30.9 Å². The number of nitrogens with two attached hydrogens (primary N) is 1.